The molecular weight excluding hydrogens is 231 g/mol. The molecule has 0 heterocycles. The fourth-order valence-electron chi connectivity index (χ4n) is 0.937. The van der Waals surface area contributed by atoms with Crippen molar-refractivity contribution in [3.05, 3.63) is 29.6 Å². The number of halogens is 4. The maximum absolute atomic E-state index is 12.7. The molecule has 0 unspecified atom stereocenters. The Bertz CT molecular complexity index is 361. The van der Waals surface area contributed by atoms with Crippen LogP contribution in [0.4, 0.5) is 18.9 Å². The van der Waals surface area contributed by atoms with Crippen LogP contribution in [0.25, 0.3) is 0 Å². The van der Waals surface area contributed by atoms with Crippen molar-refractivity contribution in [2.75, 3.05) is 11.2 Å². The van der Waals surface area contributed by atoms with Crippen molar-refractivity contribution >= 4 is 23.2 Å². The van der Waals surface area contributed by atoms with Crippen LogP contribution in [0, 0.1) is 17.5 Å². The molecule has 1 rings (SSSR count). The van der Waals surface area contributed by atoms with Gasteiger partial charge in [0.25, 0.3) is 0 Å². The van der Waals surface area contributed by atoms with Crippen LogP contribution in [0.3, 0.4) is 0 Å². The summed E-state index contributed by atoms with van der Waals surface area (Å²) in [7, 11) is 0. The lowest BCUT2D eigenvalue weighted by atomic mass is 10.2. The van der Waals surface area contributed by atoms with Crippen molar-refractivity contribution in [3.63, 3.8) is 0 Å². The van der Waals surface area contributed by atoms with Gasteiger partial charge in [0.2, 0.25) is 5.91 Å². The number of hydrogen-bond acceptors (Lipinski definition) is 1. The lowest BCUT2D eigenvalue weighted by molar-refractivity contribution is -0.115. The summed E-state index contributed by atoms with van der Waals surface area (Å²) in [6.07, 6.45) is 0.0160. The van der Waals surface area contributed by atoms with Gasteiger partial charge in [-0.3, -0.25) is 4.79 Å². The third-order valence-corrected chi connectivity index (χ3v) is 1.78. The first-order chi connectivity index (χ1) is 7.04. The molecule has 0 atom stereocenters. The van der Waals surface area contributed by atoms with Gasteiger partial charge in [-0.1, -0.05) is 0 Å². The zero-order valence-corrected chi connectivity index (χ0v) is 8.24. The van der Waals surface area contributed by atoms with Gasteiger partial charge in [-0.25, -0.2) is 13.2 Å². The molecule has 0 aliphatic carbocycles. The van der Waals surface area contributed by atoms with Crippen molar-refractivity contribution in [3.8, 4) is 0 Å². The summed E-state index contributed by atoms with van der Waals surface area (Å²) in [5.74, 6) is -4.66. The van der Waals surface area contributed by atoms with Crippen molar-refractivity contribution in [1.82, 2.24) is 0 Å². The Balaban J connectivity index is 2.83. The van der Waals surface area contributed by atoms with Crippen LogP contribution in [0.15, 0.2) is 12.1 Å². The molecule has 0 fully saturated rings. The Morgan fingerprint density at radius 2 is 1.80 bits per heavy atom. The Kier molecular flexibility index (Phi) is 3.96. The number of amides is 1. The van der Waals surface area contributed by atoms with Crippen LogP contribution in [-0.4, -0.2) is 11.8 Å². The Morgan fingerprint density at radius 3 is 2.27 bits per heavy atom. The van der Waals surface area contributed by atoms with E-state index in [1.165, 1.54) is 0 Å². The highest BCUT2D eigenvalue weighted by Gasteiger charge is 2.11. The molecule has 0 bridgehead atoms. The molecule has 0 saturated heterocycles. The average Bonchev–Trinajstić information content (AvgIpc) is 2.14. The largest absolute Gasteiger partial charge is 0.326 e. The molecule has 1 aromatic rings. The summed E-state index contributed by atoms with van der Waals surface area (Å²) in [5, 5.41) is 2.18. The van der Waals surface area contributed by atoms with Crippen molar-refractivity contribution in [2.24, 2.45) is 0 Å². The van der Waals surface area contributed by atoms with E-state index in [-0.39, 0.29) is 18.0 Å². The van der Waals surface area contributed by atoms with E-state index < -0.39 is 23.4 Å². The third kappa shape index (κ3) is 3.13. The molecule has 15 heavy (non-hydrogen) atoms. The summed E-state index contributed by atoms with van der Waals surface area (Å²) in [4.78, 5) is 11.0. The maximum atomic E-state index is 12.7. The van der Waals surface area contributed by atoms with Crippen LogP contribution in [-0.2, 0) is 4.79 Å². The minimum atomic E-state index is -1.56. The number of carbonyl (C=O) groups is 1. The summed E-state index contributed by atoms with van der Waals surface area (Å²) < 4.78 is 37.9. The van der Waals surface area contributed by atoms with Gasteiger partial charge in [-0.2, -0.15) is 0 Å². The second kappa shape index (κ2) is 5.02. The van der Waals surface area contributed by atoms with E-state index in [2.05, 4.69) is 5.32 Å². The molecule has 0 aromatic heterocycles. The third-order valence-electron chi connectivity index (χ3n) is 1.59. The highest BCUT2D eigenvalue weighted by molar-refractivity contribution is 6.19. The van der Waals surface area contributed by atoms with Crippen molar-refractivity contribution in [1.29, 1.82) is 0 Å². The van der Waals surface area contributed by atoms with E-state index in [4.69, 9.17) is 11.6 Å². The number of carbonyl (C=O) groups excluding carboxylic acids is 1. The van der Waals surface area contributed by atoms with E-state index in [9.17, 15) is 18.0 Å². The van der Waals surface area contributed by atoms with Gasteiger partial charge in [0.15, 0.2) is 17.5 Å². The van der Waals surface area contributed by atoms with Gasteiger partial charge in [0, 0.05) is 30.1 Å². The zero-order chi connectivity index (χ0) is 11.4. The van der Waals surface area contributed by atoms with Crippen LogP contribution >= 0.6 is 11.6 Å². The quantitative estimate of drug-likeness (QED) is 0.636. The van der Waals surface area contributed by atoms with E-state index in [1.54, 1.807) is 0 Å². The predicted molar refractivity (Wildman–Crippen MR) is 50.3 cm³/mol. The Morgan fingerprint density at radius 1 is 1.27 bits per heavy atom. The number of alkyl halides is 1. The smallest absolute Gasteiger partial charge is 0.225 e. The molecule has 6 heteroatoms. The van der Waals surface area contributed by atoms with Crippen molar-refractivity contribution < 1.29 is 18.0 Å². The topological polar surface area (TPSA) is 29.1 Å². The molecule has 0 aliphatic heterocycles. The average molecular weight is 238 g/mol. The Hall–Kier alpha value is -1.23. The standard InChI is InChI=1S/C9H7ClF3NO/c10-2-1-8(15)14-5-3-6(11)9(13)7(12)4-5/h3-4H,1-2H2,(H,14,15). The molecule has 0 radical (unpaired) electrons. The second-order valence-corrected chi connectivity index (χ2v) is 3.12. The monoisotopic (exact) mass is 237 g/mol. The molecule has 0 aliphatic rings. The van der Waals surface area contributed by atoms with Gasteiger partial charge in [-0.15, -0.1) is 11.6 Å². The summed E-state index contributed by atoms with van der Waals surface area (Å²) in [6.45, 7) is 0. The first kappa shape index (κ1) is 11.8. The number of benzene rings is 1. The number of anilines is 1. The normalized spacial score (nSPS) is 10.1. The van der Waals surface area contributed by atoms with Crippen LogP contribution in [0.5, 0.6) is 0 Å². The molecule has 1 N–H and O–H groups in total. The fraction of sp³-hybridized carbons (Fsp3) is 0.222. The molecule has 1 amide bonds. The molecule has 0 spiro atoms. The second-order valence-electron chi connectivity index (χ2n) is 2.74. The number of rotatable bonds is 3. The first-order valence-electron chi connectivity index (χ1n) is 4.05. The van der Waals surface area contributed by atoms with Gasteiger partial charge < -0.3 is 5.32 Å². The SMILES string of the molecule is O=C(CCCl)Nc1cc(F)c(F)c(F)c1. The summed E-state index contributed by atoms with van der Waals surface area (Å²) >= 11 is 5.28. The number of hydrogen-bond donors (Lipinski definition) is 1. The molecule has 1 aromatic carbocycles. The van der Waals surface area contributed by atoms with Crippen LogP contribution < -0.4 is 5.32 Å². The fourth-order valence-corrected chi connectivity index (χ4v) is 1.11. The minimum Gasteiger partial charge on any atom is -0.326 e. The predicted octanol–water partition coefficient (Wildman–Crippen LogP) is 2.67. The van der Waals surface area contributed by atoms with E-state index >= 15 is 0 Å². The molecular formula is C9H7ClF3NO. The first-order valence-corrected chi connectivity index (χ1v) is 4.58. The minimum absolute atomic E-state index is 0.0160. The van der Waals surface area contributed by atoms with E-state index in [1.807, 2.05) is 0 Å². The highest BCUT2D eigenvalue weighted by Crippen LogP contribution is 2.17. The lowest BCUT2D eigenvalue weighted by Gasteiger charge is -2.04. The van der Waals surface area contributed by atoms with Gasteiger partial charge >= 0.3 is 0 Å². The zero-order valence-electron chi connectivity index (χ0n) is 7.49. The molecule has 2 nitrogen and oxygen atoms in total. The van der Waals surface area contributed by atoms with Gasteiger partial charge in [-0.05, 0) is 0 Å². The van der Waals surface area contributed by atoms with E-state index in [0.717, 1.165) is 0 Å². The molecule has 0 saturated carbocycles. The summed E-state index contributed by atoms with van der Waals surface area (Å²) in [5.41, 5.74) is -0.137. The van der Waals surface area contributed by atoms with Crippen LogP contribution in [0.2, 0.25) is 0 Å². The van der Waals surface area contributed by atoms with E-state index in [0.29, 0.717) is 12.1 Å². The lowest BCUT2D eigenvalue weighted by Crippen LogP contribution is -2.12. The van der Waals surface area contributed by atoms with Gasteiger partial charge in [0.1, 0.15) is 0 Å². The van der Waals surface area contributed by atoms with Crippen LogP contribution in [0.1, 0.15) is 6.42 Å². The number of nitrogens with one attached hydrogen (secondary N) is 1. The highest BCUT2D eigenvalue weighted by atomic mass is 35.5. The molecule has 82 valence electrons. The maximum Gasteiger partial charge on any atom is 0.225 e. The van der Waals surface area contributed by atoms with Crippen molar-refractivity contribution in [2.45, 2.75) is 6.42 Å². The van der Waals surface area contributed by atoms with Gasteiger partial charge in [0.05, 0.1) is 0 Å². The Labute approximate surface area is 89.0 Å². The summed E-state index contributed by atoms with van der Waals surface area (Å²) in [6, 6.07) is 1.40.